The minimum absolute atomic E-state index is 0.0790. The molecule has 0 aliphatic carbocycles. The van der Waals surface area contributed by atoms with Crippen molar-refractivity contribution in [3.05, 3.63) is 0 Å². The van der Waals surface area contributed by atoms with Gasteiger partial charge < -0.3 is 15.3 Å². The van der Waals surface area contributed by atoms with E-state index in [1.807, 2.05) is 0 Å². The first-order chi connectivity index (χ1) is 4.18. The zero-order valence-corrected chi connectivity index (χ0v) is 4.95. The van der Waals surface area contributed by atoms with Crippen molar-refractivity contribution in [2.24, 2.45) is 0 Å². The van der Waals surface area contributed by atoms with Crippen molar-refractivity contribution in [1.82, 2.24) is 0 Å². The van der Waals surface area contributed by atoms with Gasteiger partial charge in [-0.25, -0.2) is 4.79 Å². The van der Waals surface area contributed by atoms with Crippen LogP contribution in [0.15, 0.2) is 0 Å². The average molecular weight is 134 g/mol. The molecule has 1 atom stereocenters. The third-order valence-electron chi connectivity index (χ3n) is 0.921. The summed E-state index contributed by atoms with van der Waals surface area (Å²) in [7, 11) is 0. The number of carbonyl (C=O) groups is 1. The molecule has 0 fully saturated rings. The summed E-state index contributed by atoms with van der Waals surface area (Å²) in [4.78, 5) is 9.87. The second-order valence-corrected chi connectivity index (χ2v) is 1.72. The van der Waals surface area contributed by atoms with Gasteiger partial charge in [-0.2, -0.15) is 0 Å². The van der Waals surface area contributed by atoms with Gasteiger partial charge in [-0.05, 0) is 12.8 Å². The summed E-state index contributed by atoms with van der Waals surface area (Å²) in [6, 6.07) is 0. The quantitative estimate of drug-likeness (QED) is 0.470. The number of aliphatic hydroxyl groups is 2. The van der Waals surface area contributed by atoms with Crippen LogP contribution in [0.4, 0.5) is 0 Å². The molecule has 0 spiro atoms. The van der Waals surface area contributed by atoms with Crippen LogP contribution in [0.2, 0.25) is 0 Å². The van der Waals surface area contributed by atoms with E-state index in [1.165, 1.54) is 0 Å². The SMILES string of the molecule is O=C(O)[C@H](O)CCCO. The molecule has 0 amide bonds. The molecule has 0 bridgehead atoms. The molecule has 0 aromatic carbocycles. The normalized spacial score (nSPS) is 13.1. The summed E-state index contributed by atoms with van der Waals surface area (Å²) >= 11 is 0. The number of carboxylic acids is 1. The van der Waals surface area contributed by atoms with Gasteiger partial charge in [-0.1, -0.05) is 0 Å². The van der Waals surface area contributed by atoms with Crippen LogP contribution in [0.25, 0.3) is 0 Å². The van der Waals surface area contributed by atoms with Gasteiger partial charge in [0, 0.05) is 6.61 Å². The van der Waals surface area contributed by atoms with E-state index >= 15 is 0 Å². The van der Waals surface area contributed by atoms with Crippen molar-refractivity contribution in [1.29, 1.82) is 0 Å². The van der Waals surface area contributed by atoms with Crippen molar-refractivity contribution in [3.63, 3.8) is 0 Å². The molecule has 0 aromatic rings. The molecule has 0 unspecified atom stereocenters. The van der Waals surface area contributed by atoms with E-state index in [-0.39, 0.29) is 13.0 Å². The molecule has 4 heteroatoms. The highest BCUT2D eigenvalue weighted by molar-refractivity contribution is 5.71. The Labute approximate surface area is 52.7 Å². The van der Waals surface area contributed by atoms with Gasteiger partial charge in [0.15, 0.2) is 6.10 Å². The van der Waals surface area contributed by atoms with E-state index in [1.54, 1.807) is 0 Å². The summed E-state index contributed by atoms with van der Waals surface area (Å²) in [6.07, 6.45) is -0.878. The monoisotopic (exact) mass is 134 g/mol. The van der Waals surface area contributed by atoms with Crippen molar-refractivity contribution in [2.75, 3.05) is 6.61 Å². The average Bonchev–Trinajstić information content (AvgIpc) is 1.82. The maximum atomic E-state index is 9.87. The van der Waals surface area contributed by atoms with Crippen molar-refractivity contribution in [3.8, 4) is 0 Å². The van der Waals surface area contributed by atoms with Crippen LogP contribution in [0, 0.1) is 0 Å². The number of hydrogen-bond donors (Lipinski definition) is 3. The third-order valence-corrected chi connectivity index (χ3v) is 0.921. The Hall–Kier alpha value is -0.610. The second kappa shape index (κ2) is 4.29. The van der Waals surface area contributed by atoms with Crippen LogP contribution in [-0.4, -0.2) is 34.0 Å². The number of aliphatic hydroxyl groups excluding tert-OH is 2. The lowest BCUT2D eigenvalue weighted by Gasteiger charge is -2.00. The van der Waals surface area contributed by atoms with Crippen LogP contribution in [0.1, 0.15) is 12.8 Å². The standard InChI is InChI=1S/C5H10O4/c6-3-1-2-4(7)5(8)9/h4,6-7H,1-3H2,(H,8,9)/t4-/m1/s1. The summed E-state index contributed by atoms with van der Waals surface area (Å²) < 4.78 is 0. The minimum atomic E-state index is -1.32. The topological polar surface area (TPSA) is 77.8 Å². The molecule has 0 aliphatic rings. The molecular formula is C5H10O4. The molecule has 0 saturated heterocycles. The molecular weight excluding hydrogens is 124 g/mol. The second-order valence-electron chi connectivity index (χ2n) is 1.72. The number of aliphatic carboxylic acids is 1. The molecule has 0 aromatic heterocycles. The lowest BCUT2D eigenvalue weighted by Crippen LogP contribution is -2.19. The van der Waals surface area contributed by atoms with E-state index in [2.05, 4.69) is 0 Å². The predicted molar refractivity (Wildman–Crippen MR) is 30.0 cm³/mol. The molecule has 0 heterocycles. The van der Waals surface area contributed by atoms with Crippen molar-refractivity contribution in [2.45, 2.75) is 18.9 Å². The Kier molecular flexibility index (Phi) is 4.00. The smallest absolute Gasteiger partial charge is 0.332 e. The summed E-state index contributed by atoms with van der Waals surface area (Å²) in [5.41, 5.74) is 0. The largest absolute Gasteiger partial charge is 0.479 e. The van der Waals surface area contributed by atoms with Gasteiger partial charge in [-0.15, -0.1) is 0 Å². The third kappa shape index (κ3) is 3.93. The minimum Gasteiger partial charge on any atom is -0.479 e. The predicted octanol–water partition coefficient (Wildman–Crippen LogP) is -0.796. The van der Waals surface area contributed by atoms with Gasteiger partial charge in [0.25, 0.3) is 0 Å². The Morgan fingerprint density at radius 1 is 1.56 bits per heavy atom. The number of carboxylic acid groups (broad SMARTS) is 1. The molecule has 4 nitrogen and oxygen atoms in total. The fourth-order valence-corrected chi connectivity index (χ4v) is 0.408. The van der Waals surface area contributed by atoms with Gasteiger partial charge in [0.05, 0.1) is 0 Å². The van der Waals surface area contributed by atoms with Crippen LogP contribution >= 0.6 is 0 Å². The highest BCUT2D eigenvalue weighted by atomic mass is 16.4. The lowest BCUT2D eigenvalue weighted by molar-refractivity contribution is -0.147. The van der Waals surface area contributed by atoms with Crippen LogP contribution in [0.3, 0.4) is 0 Å². The van der Waals surface area contributed by atoms with Crippen molar-refractivity contribution < 1.29 is 20.1 Å². The Morgan fingerprint density at radius 2 is 2.11 bits per heavy atom. The van der Waals surface area contributed by atoms with Gasteiger partial charge in [-0.3, -0.25) is 0 Å². The highest BCUT2D eigenvalue weighted by Crippen LogP contribution is 1.94. The van der Waals surface area contributed by atoms with E-state index < -0.39 is 12.1 Å². The first kappa shape index (κ1) is 8.39. The summed E-state index contributed by atoms with van der Waals surface area (Å²) in [6.45, 7) is -0.0790. The Bertz CT molecular complexity index is 91.0. The van der Waals surface area contributed by atoms with Crippen LogP contribution in [0.5, 0.6) is 0 Å². The molecule has 0 aliphatic heterocycles. The maximum absolute atomic E-state index is 9.87. The summed E-state index contributed by atoms with van der Waals surface area (Å²) in [5, 5.41) is 24.8. The van der Waals surface area contributed by atoms with Gasteiger partial charge >= 0.3 is 5.97 Å². The van der Waals surface area contributed by atoms with Crippen LogP contribution < -0.4 is 0 Å². The van der Waals surface area contributed by atoms with Gasteiger partial charge in [0.2, 0.25) is 0 Å². The first-order valence-electron chi connectivity index (χ1n) is 2.70. The molecule has 0 rings (SSSR count). The first-order valence-corrected chi connectivity index (χ1v) is 2.70. The van der Waals surface area contributed by atoms with E-state index in [0.29, 0.717) is 6.42 Å². The molecule has 0 saturated carbocycles. The lowest BCUT2D eigenvalue weighted by atomic mass is 10.2. The maximum Gasteiger partial charge on any atom is 0.332 e. The molecule has 9 heavy (non-hydrogen) atoms. The van der Waals surface area contributed by atoms with Crippen LogP contribution in [-0.2, 0) is 4.79 Å². The fourth-order valence-electron chi connectivity index (χ4n) is 0.408. The number of hydrogen-bond acceptors (Lipinski definition) is 3. The van der Waals surface area contributed by atoms with Gasteiger partial charge in [0.1, 0.15) is 0 Å². The zero-order chi connectivity index (χ0) is 7.28. The summed E-state index contributed by atoms with van der Waals surface area (Å²) in [5.74, 6) is -1.23. The molecule has 54 valence electrons. The Balaban J connectivity index is 3.27. The number of rotatable bonds is 4. The fraction of sp³-hybridized carbons (Fsp3) is 0.800. The molecule has 3 N–H and O–H groups in total. The van der Waals surface area contributed by atoms with E-state index in [4.69, 9.17) is 15.3 Å². The zero-order valence-electron chi connectivity index (χ0n) is 4.95. The van der Waals surface area contributed by atoms with E-state index in [0.717, 1.165) is 0 Å². The van der Waals surface area contributed by atoms with E-state index in [9.17, 15) is 4.79 Å². The van der Waals surface area contributed by atoms with Crippen molar-refractivity contribution >= 4 is 5.97 Å². The highest BCUT2D eigenvalue weighted by Gasteiger charge is 2.10. The molecule has 0 radical (unpaired) electrons. The Morgan fingerprint density at radius 3 is 2.44 bits per heavy atom.